The van der Waals surface area contributed by atoms with E-state index in [9.17, 15) is 4.79 Å². The summed E-state index contributed by atoms with van der Waals surface area (Å²) in [6.45, 7) is 11.6. The van der Waals surface area contributed by atoms with Crippen LogP contribution in [0.2, 0.25) is 0 Å². The van der Waals surface area contributed by atoms with Crippen molar-refractivity contribution in [2.75, 3.05) is 26.7 Å². The van der Waals surface area contributed by atoms with Crippen LogP contribution in [-0.2, 0) is 11.3 Å². The number of halogens is 1. The molecule has 0 spiro atoms. The fourth-order valence-corrected chi connectivity index (χ4v) is 2.81. The van der Waals surface area contributed by atoms with Crippen molar-refractivity contribution in [3.63, 3.8) is 0 Å². The molecule has 1 fully saturated rings. The molecule has 0 amide bonds. The van der Waals surface area contributed by atoms with Gasteiger partial charge >= 0.3 is 5.97 Å². The van der Waals surface area contributed by atoms with E-state index in [1.165, 1.54) is 7.11 Å². The number of hydrogen-bond donors (Lipinski definition) is 1. The van der Waals surface area contributed by atoms with Crippen LogP contribution in [0.1, 0.15) is 49.1 Å². The summed E-state index contributed by atoms with van der Waals surface area (Å²) in [5, 5.41) is 3.33. The molecule has 6 nitrogen and oxygen atoms in total. The highest BCUT2D eigenvalue weighted by Gasteiger charge is 2.30. The minimum Gasteiger partial charge on any atom is -0.465 e. The van der Waals surface area contributed by atoms with E-state index < -0.39 is 0 Å². The van der Waals surface area contributed by atoms with Gasteiger partial charge in [-0.3, -0.25) is 0 Å². The van der Waals surface area contributed by atoms with Gasteiger partial charge in [0.25, 0.3) is 0 Å². The zero-order valence-electron chi connectivity index (χ0n) is 15.1. The van der Waals surface area contributed by atoms with E-state index in [0.29, 0.717) is 29.0 Å². The Morgan fingerprint density at radius 2 is 2.21 bits per heavy atom. The number of esters is 1. The summed E-state index contributed by atoms with van der Waals surface area (Å²) >= 11 is 0. The number of aliphatic imine (C=N–C) groups is 1. The first-order valence-electron chi connectivity index (χ1n) is 8.07. The summed E-state index contributed by atoms with van der Waals surface area (Å²) in [6.07, 6.45) is 1.16. The largest absolute Gasteiger partial charge is 0.465 e. The van der Waals surface area contributed by atoms with Gasteiger partial charge in [-0.05, 0) is 31.7 Å². The summed E-state index contributed by atoms with van der Waals surface area (Å²) in [5.41, 5.74) is 0.778. The van der Waals surface area contributed by atoms with Gasteiger partial charge in [0.2, 0.25) is 0 Å². The van der Waals surface area contributed by atoms with Gasteiger partial charge < -0.3 is 19.4 Å². The highest BCUT2D eigenvalue weighted by Crippen LogP contribution is 2.28. The molecular weight excluding hydrogens is 421 g/mol. The summed E-state index contributed by atoms with van der Waals surface area (Å²) in [5.74, 6) is 1.74. The molecule has 1 aliphatic heterocycles. The Labute approximate surface area is 161 Å². The highest BCUT2D eigenvalue weighted by atomic mass is 127. The summed E-state index contributed by atoms with van der Waals surface area (Å²) < 4.78 is 10.4. The number of likely N-dealkylation sites (tertiary alicyclic amines) is 1. The number of carbonyl (C=O) groups excluding carboxylic acids is 1. The molecule has 7 heteroatoms. The van der Waals surface area contributed by atoms with E-state index in [1.54, 1.807) is 13.0 Å². The lowest BCUT2D eigenvalue weighted by atomic mass is 9.93. The van der Waals surface area contributed by atoms with E-state index in [-0.39, 0.29) is 29.9 Å². The molecule has 0 atom stereocenters. The van der Waals surface area contributed by atoms with Crippen LogP contribution in [0, 0.1) is 12.3 Å². The third-order valence-corrected chi connectivity index (χ3v) is 4.07. The summed E-state index contributed by atoms with van der Waals surface area (Å²) in [6, 6.07) is 1.71. The molecule has 1 aromatic rings. The van der Waals surface area contributed by atoms with Crippen LogP contribution in [0.5, 0.6) is 0 Å². The van der Waals surface area contributed by atoms with Crippen molar-refractivity contribution in [2.45, 2.75) is 40.7 Å². The molecule has 1 aliphatic rings. The van der Waals surface area contributed by atoms with Crippen molar-refractivity contribution in [2.24, 2.45) is 10.4 Å². The molecule has 24 heavy (non-hydrogen) atoms. The molecule has 1 N–H and O–H groups in total. The van der Waals surface area contributed by atoms with Crippen LogP contribution in [0.15, 0.2) is 15.5 Å². The van der Waals surface area contributed by atoms with Crippen LogP contribution in [0.25, 0.3) is 0 Å². The average molecular weight is 449 g/mol. The van der Waals surface area contributed by atoms with Crippen LogP contribution in [0.3, 0.4) is 0 Å². The van der Waals surface area contributed by atoms with Crippen molar-refractivity contribution in [3.05, 3.63) is 23.2 Å². The van der Waals surface area contributed by atoms with Gasteiger partial charge in [-0.15, -0.1) is 24.0 Å². The number of nitrogens with one attached hydrogen (secondary N) is 1. The molecule has 0 saturated carbocycles. The van der Waals surface area contributed by atoms with Crippen molar-refractivity contribution in [1.82, 2.24) is 10.2 Å². The Morgan fingerprint density at radius 1 is 1.50 bits per heavy atom. The van der Waals surface area contributed by atoms with Gasteiger partial charge in [0.15, 0.2) is 5.96 Å². The first-order valence-corrected chi connectivity index (χ1v) is 8.07. The first kappa shape index (κ1) is 20.8. The molecule has 2 rings (SSSR count). The lowest BCUT2D eigenvalue weighted by molar-refractivity contribution is 0.0599. The molecule has 0 unspecified atom stereocenters. The van der Waals surface area contributed by atoms with Gasteiger partial charge in [-0.1, -0.05) is 13.8 Å². The Morgan fingerprint density at radius 3 is 2.75 bits per heavy atom. The molecule has 0 aromatic carbocycles. The molecule has 1 saturated heterocycles. The third kappa shape index (κ3) is 5.12. The van der Waals surface area contributed by atoms with Gasteiger partial charge in [-0.2, -0.15) is 0 Å². The van der Waals surface area contributed by atoms with Crippen LogP contribution in [0.4, 0.5) is 0 Å². The molecule has 2 heterocycles. The number of carbonyl (C=O) groups is 1. The van der Waals surface area contributed by atoms with E-state index >= 15 is 0 Å². The summed E-state index contributed by atoms with van der Waals surface area (Å²) in [4.78, 5) is 18.6. The number of ether oxygens (including phenoxy) is 1. The first-order chi connectivity index (χ1) is 10.9. The lowest BCUT2D eigenvalue weighted by Gasteiger charge is -2.23. The number of nitrogens with zero attached hydrogens (tertiary/aromatic N) is 2. The van der Waals surface area contributed by atoms with E-state index in [4.69, 9.17) is 9.15 Å². The molecule has 0 bridgehead atoms. The second-order valence-corrected chi connectivity index (χ2v) is 6.68. The van der Waals surface area contributed by atoms with E-state index in [0.717, 1.165) is 32.0 Å². The maximum Gasteiger partial charge on any atom is 0.341 e. The minimum atomic E-state index is -0.380. The Balaban J connectivity index is 0.00000288. The number of guanidine groups is 1. The molecule has 0 aliphatic carbocycles. The standard InChI is InChI=1S/C17H27N3O3.HI/c1-6-18-16(20-8-7-17(3,4)11-20)19-10-13-9-14(12(2)23-13)15(21)22-5;/h9H,6-8,10-11H2,1-5H3,(H,18,19);1H. The zero-order valence-corrected chi connectivity index (χ0v) is 17.5. The maximum absolute atomic E-state index is 11.6. The van der Waals surface area contributed by atoms with Crippen molar-refractivity contribution in [3.8, 4) is 0 Å². The van der Waals surface area contributed by atoms with Crippen molar-refractivity contribution in [1.29, 1.82) is 0 Å². The van der Waals surface area contributed by atoms with E-state index in [2.05, 4.69) is 36.0 Å². The smallest absolute Gasteiger partial charge is 0.341 e. The molecular formula is C17H28IN3O3. The number of furan rings is 1. The molecule has 136 valence electrons. The fraction of sp³-hybridized carbons (Fsp3) is 0.647. The Kier molecular flexibility index (Phi) is 7.56. The van der Waals surface area contributed by atoms with Gasteiger partial charge in [0.05, 0.1) is 7.11 Å². The predicted octanol–water partition coefficient (Wildman–Crippen LogP) is 3.19. The SMILES string of the molecule is CCNC(=NCc1cc(C(=O)OC)c(C)o1)N1CCC(C)(C)C1.I. The number of aryl methyl sites for hydroxylation is 1. The van der Waals surface area contributed by atoms with Gasteiger partial charge in [0, 0.05) is 19.6 Å². The second kappa shape index (κ2) is 8.73. The van der Waals surface area contributed by atoms with Crippen LogP contribution in [-0.4, -0.2) is 43.6 Å². The fourth-order valence-electron chi connectivity index (χ4n) is 2.81. The van der Waals surface area contributed by atoms with Gasteiger partial charge in [0.1, 0.15) is 23.6 Å². The molecule has 1 aromatic heterocycles. The Bertz CT molecular complexity index is 596. The Hall–Kier alpha value is -1.25. The quantitative estimate of drug-likeness (QED) is 0.331. The van der Waals surface area contributed by atoms with Crippen LogP contribution >= 0.6 is 24.0 Å². The predicted molar refractivity (Wildman–Crippen MR) is 105 cm³/mol. The number of rotatable bonds is 4. The highest BCUT2D eigenvalue weighted by molar-refractivity contribution is 14.0. The number of hydrogen-bond acceptors (Lipinski definition) is 4. The second-order valence-electron chi connectivity index (χ2n) is 6.68. The number of methoxy groups -OCH3 is 1. The average Bonchev–Trinajstić information content (AvgIpc) is 3.05. The minimum absolute atomic E-state index is 0. The molecule has 0 radical (unpaired) electrons. The van der Waals surface area contributed by atoms with Crippen molar-refractivity contribution < 1.29 is 13.9 Å². The third-order valence-electron chi connectivity index (χ3n) is 4.07. The summed E-state index contributed by atoms with van der Waals surface area (Å²) in [7, 11) is 1.37. The van der Waals surface area contributed by atoms with E-state index in [1.807, 2.05) is 0 Å². The van der Waals surface area contributed by atoms with Gasteiger partial charge in [-0.25, -0.2) is 9.79 Å². The normalized spacial score (nSPS) is 16.7. The maximum atomic E-state index is 11.6. The lowest BCUT2D eigenvalue weighted by Crippen LogP contribution is -2.40. The topological polar surface area (TPSA) is 67.1 Å². The van der Waals surface area contributed by atoms with Crippen LogP contribution < -0.4 is 5.32 Å². The van der Waals surface area contributed by atoms with Crippen molar-refractivity contribution >= 4 is 35.9 Å². The zero-order chi connectivity index (χ0) is 17.0. The monoisotopic (exact) mass is 449 g/mol.